The number of Topliss-reactive ketones (excluding diaryl/α,β-unsaturated/α-hetero) is 1. The molecule has 14 heterocycles. The number of furan rings is 2. The Morgan fingerprint density at radius 2 is 1.18 bits per heavy atom. The standard InChI is InChI=1S/C45H47N5O9S.C30H31N3O7S.C15H18N2O3/c1-7-12-55-44(53)47-17-25-15-27-26-10-8-9-11-31(26)59-42(27)45(48-25)19-60-41-32-22(3)23(4)39-40(58-20-57-39)34(32)30(18-56-43(45)52)50-29(16-46)28-14-24-13-21(2)38(54-6)37(51)33(24)35(36(41)50)49(28)5;1-12-6-15-7-16-17(8-31)33-18-9-38-30(36)19(34)10-41-29(20-13(2)14(3)27-28(22(18)20)40-11-39-27)24(33)23(32(16)4)21(15)25(35)26(12)37-5;1-2-7-19-15(18)17-9-12(16)8-11-10-20-14-6-4-3-5-13(11)14/h7-11,13,25,28-30,35-36,41,48,51H,1,12,14-15,17-20H2,2-6H3,(H,47,53);6,16-18,23-24,29,35H,7,9-11H2,1-5H3;2-6,10,12H,1,7-9,16H2,(H,17,18)/t25-,28-,29-,30-,35+,36+,41+,45+;16-,17-,18-,23+,24+,29+;12-/m000/s1. The lowest BCUT2D eigenvalue weighted by Crippen LogP contribution is -2.69. The third-order valence-electron chi connectivity index (χ3n) is 26.3. The van der Waals surface area contributed by atoms with Crippen LogP contribution in [0.3, 0.4) is 0 Å². The van der Waals surface area contributed by atoms with Gasteiger partial charge in [-0.2, -0.15) is 10.5 Å². The number of nitrogens with two attached hydrogens (primary N) is 1. The Bertz CT molecular complexity index is 5680. The Balaban J connectivity index is 0.000000147. The van der Waals surface area contributed by atoms with E-state index in [9.17, 15) is 39.9 Å². The van der Waals surface area contributed by atoms with Gasteiger partial charge in [-0.3, -0.25) is 29.7 Å². The molecular formula is C90H96N10O19S2. The number of ether oxygens (including phenoxy) is 10. The molecule has 7 N–H and O–H groups in total. The average Bonchev–Trinajstić information content (AvgIpc) is 1.40. The third-order valence-corrected chi connectivity index (χ3v) is 29.0. The summed E-state index contributed by atoms with van der Waals surface area (Å²) in [4.78, 5) is 73.5. The number of amides is 2. The maximum atomic E-state index is 15.2. The van der Waals surface area contributed by atoms with Gasteiger partial charge in [0.1, 0.15) is 55.4 Å². The molecule has 12 aliphatic rings. The van der Waals surface area contributed by atoms with Crippen LogP contribution in [0.25, 0.3) is 21.9 Å². The summed E-state index contributed by atoms with van der Waals surface area (Å²) in [6.45, 7) is 19.8. The summed E-state index contributed by atoms with van der Waals surface area (Å²) in [7, 11) is 7.17. The molecule has 20 rings (SSSR count). The average molecular weight is 1690 g/mol. The van der Waals surface area contributed by atoms with E-state index in [-0.39, 0.29) is 116 Å². The fraction of sp³-hybridized carbons (Fsp3) is 0.433. The zero-order valence-electron chi connectivity index (χ0n) is 68.8. The lowest BCUT2D eigenvalue weighted by molar-refractivity contribution is -0.158. The number of esters is 2. The lowest BCUT2D eigenvalue weighted by atomic mass is 9.71. The Morgan fingerprint density at radius 3 is 1.73 bits per heavy atom. The number of nitrogens with one attached hydrogen (secondary N) is 3. The largest absolute Gasteiger partial charge is 0.504 e. The molecule has 12 aliphatic heterocycles. The summed E-state index contributed by atoms with van der Waals surface area (Å²) < 4.78 is 70.2. The molecule has 2 aromatic heterocycles. The Labute approximate surface area is 707 Å². The molecule has 1 spiro atoms. The Kier molecular flexibility index (Phi) is 22.2. The quantitative estimate of drug-likeness (QED) is 0.0286. The predicted octanol–water partition coefficient (Wildman–Crippen LogP) is 11.1. The summed E-state index contributed by atoms with van der Waals surface area (Å²) >= 11 is 2.98. The molecule has 4 fully saturated rings. The molecule has 632 valence electrons. The highest BCUT2D eigenvalue weighted by Gasteiger charge is 2.64. The van der Waals surface area contributed by atoms with Crippen molar-refractivity contribution in [2.45, 2.75) is 156 Å². The van der Waals surface area contributed by atoms with Crippen molar-refractivity contribution < 1.29 is 90.4 Å². The molecule has 8 aromatic rings. The van der Waals surface area contributed by atoms with E-state index in [1.165, 1.54) is 23.9 Å². The maximum absolute atomic E-state index is 15.2. The minimum absolute atomic E-state index is 0.0499. The molecule has 6 aromatic carbocycles. The number of carbonyl (C=O) groups is 5. The van der Waals surface area contributed by atoms with Gasteiger partial charge in [0.05, 0.1) is 62.5 Å². The number of fused-ring (bicyclic) bond motifs is 21. The van der Waals surface area contributed by atoms with Crippen molar-refractivity contribution in [3.8, 4) is 58.1 Å². The number of likely N-dealkylation sites (N-methyl/N-ethyl adjacent to an activating group) is 2. The summed E-state index contributed by atoms with van der Waals surface area (Å²) in [6, 6.07) is 20.1. The minimum atomic E-state index is -1.49. The molecule has 31 heteroatoms. The van der Waals surface area contributed by atoms with E-state index < -0.39 is 71.7 Å². The van der Waals surface area contributed by atoms with Gasteiger partial charge in [0, 0.05) is 104 Å². The zero-order chi connectivity index (χ0) is 85.0. The predicted molar refractivity (Wildman–Crippen MR) is 447 cm³/mol. The minimum Gasteiger partial charge on any atom is -0.504 e. The third kappa shape index (κ3) is 13.5. The molecule has 8 bridgehead atoms. The second-order valence-electron chi connectivity index (χ2n) is 32.6. The molecule has 0 radical (unpaired) electrons. The first-order chi connectivity index (χ1) is 58.4. The second kappa shape index (κ2) is 32.7. The van der Waals surface area contributed by atoms with Gasteiger partial charge in [0.25, 0.3) is 0 Å². The van der Waals surface area contributed by atoms with Gasteiger partial charge in [-0.15, -0.1) is 23.5 Å². The van der Waals surface area contributed by atoms with Gasteiger partial charge >= 0.3 is 24.1 Å². The van der Waals surface area contributed by atoms with Crippen LogP contribution < -0.4 is 50.1 Å². The van der Waals surface area contributed by atoms with Gasteiger partial charge < -0.3 is 82.8 Å². The Hall–Kier alpha value is -11.1. The lowest BCUT2D eigenvalue weighted by Gasteiger charge is -2.62. The van der Waals surface area contributed by atoms with Gasteiger partial charge in [-0.1, -0.05) is 73.8 Å². The number of hydrogen-bond acceptors (Lipinski definition) is 29. The van der Waals surface area contributed by atoms with Crippen molar-refractivity contribution in [1.82, 2.24) is 35.6 Å². The van der Waals surface area contributed by atoms with Gasteiger partial charge in [0.2, 0.25) is 19.4 Å². The van der Waals surface area contributed by atoms with Crippen LogP contribution in [0.1, 0.15) is 129 Å². The first-order valence-corrected chi connectivity index (χ1v) is 42.6. The smallest absolute Gasteiger partial charge is 0.407 e. The van der Waals surface area contributed by atoms with Crippen LogP contribution >= 0.6 is 23.5 Å². The van der Waals surface area contributed by atoms with Crippen molar-refractivity contribution in [2.24, 2.45) is 5.73 Å². The summed E-state index contributed by atoms with van der Waals surface area (Å²) in [6.07, 6.45) is 5.82. The van der Waals surface area contributed by atoms with Crippen molar-refractivity contribution in [3.05, 3.63) is 187 Å². The van der Waals surface area contributed by atoms with Gasteiger partial charge in [-0.05, 0) is 155 Å². The number of nitriles is 2. The monoisotopic (exact) mass is 1680 g/mol. The number of benzene rings is 6. The number of thioether (sulfide) groups is 2. The van der Waals surface area contributed by atoms with E-state index in [0.717, 1.165) is 105 Å². The number of nitrogens with zero attached hydrogens (tertiary/aromatic N) is 6. The summed E-state index contributed by atoms with van der Waals surface area (Å²) in [5, 5.41) is 56.1. The normalized spacial score (nSPS) is 26.5. The van der Waals surface area contributed by atoms with Gasteiger partial charge in [0.15, 0.2) is 51.5 Å². The van der Waals surface area contributed by atoms with Crippen LogP contribution in [0.2, 0.25) is 0 Å². The van der Waals surface area contributed by atoms with E-state index >= 15 is 4.79 Å². The molecule has 4 saturated heterocycles. The highest BCUT2D eigenvalue weighted by atomic mass is 32.2. The molecule has 0 saturated carbocycles. The summed E-state index contributed by atoms with van der Waals surface area (Å²) in [5.41, 5.74) is 20.8. The number of phenolic OH excluding ortho intramolecular Hbond substituents is 2. The van der Waals surface area contributed by atoms with Crippen molar-refractivity contribution in [3.63, 3.8) is 0 Å². The highest BCUT2D eigenvalue weighted by molar-refractivity contribution is 8.00. The van der Waals surface area contributed by atoms with Crippen molar-refractivity contribution >= 4 is 75.4 Å². The molecular weight excluding hydrogens is 1590 g/mol. The van der Waals surface area contributed by atoms with E-state index in [1.54, 1.807) is 32.2 Å². The number of ketones is 1. The first kappa shape index (κ1) is 82.2. The fourth-order valence-electron chi connectivity index (χ4n) is 20.9. The second-order valence-corrected chi connectivity index (χ2v) is 34.9. The van der Waals surface area contributed by atoms with Crippen molar-refractivity contribution in [1.29, 1.82) is 10.5 Å². The number of methoxy groups -OCH3 is 2. The summed E-state index contributed by atoms with van der Waals surface area (Å²) in [5.74, 6) is 2.20. The molecule has 2 amide bonds. The van der Waals surface area contributed by atoms with Crippen LogP contribution in [-0.4, -0.2) is 201 Å². The number of alkyl carbamates (subject to hydrolysis) is 2. The zero-order valence-corrected chi connectivity index (χ0v) is 70.4. The molecule has 15 atom stereocenters. The first-order valence-electron chi connectivity index (χ1n) is 40.5. The number of carbonyl (C=O) groups excluding carboxylic acids is 5. The van der Waals surface area contributed by atoms with Crippen LogP contribution in [-0.2, 0) is 64.6 Å². The van der Waals surface area contributed by atoms with E-state index in [4.69, 9.17) is 61.9 Å². The SMILES string of the molecule is C=CCOC(=O)NC[C@@H](N)Cc1coc2ccccc12.C=CCOC(=O)NC[C@@H]1Cc2c(oc3ccccc23)[C@@]2(CS[C@@H]3c4c(C)c(C)c5c(c4[C@H](COC2=O)N2[C@@H]3[C@H]3c4c(cc(C)c(OC)c4O)C[C@@H]([C@@H]2C#N)N3C)OCO5)N1.COc1c(C)cc2c(c1O)[C@@H]1[C@@H]3[C@@H]4SCC(=O)C(=O)OC[C@@H](c5c6c(c(C)c(C)c54)OCO6)N3[C@@H](C#N)[C@H](C2)N1C. The molecule has 121 heavy (non-hydrogen) atoms. The van der Waals surface area contributed by atoms with E-state index in [1.807, 2.05) is 97.2 Å². The maximum Gasteiger partial charge on any atom is 0.407 e. The highest BCUT2D eigenvalue weighted by Crippen LogP contribution is 2.66. The number of rotatable bonds is 12. The fourth-order valence-corrected chi connectivity index (χ4v) is 24.0. The van der Waals surface area contributed by atoms with Crippen molar-refractivity contribution in [2.75, 3.05) is 92.9 Å². The van der Waals surface area contributed by atoms with Gasteiger partial charge in [-0.25, -0.2) is 19.2 Å². The van der Waals surface area contributed by atoms with E-state index in [2.05, 4.69) is 79.9 Å². The van der Waals surface area contributed by atoms with Crippen LogP contribution in [0.4, 0.5) is 9.59 Å². The molecule has 0 unspecified atom stereocenters. The number of hydrogen-bond donors (Lipinski definition) is 6. The number of piperazine rings is 2. The number of para-hydroxylation sites is 2. The number of aryl methyl sites for hydroxylation is 2. The van der Waals surface area contributed by atoms with E-state index in [0.29, 0.717) is 78.1 Å². The number of phenols is 2. The number of aromatic hydroxyl groups is 2. The number of cyclic esters (lactones) is 1. The van der Waals surface area contributed by atoms with Crippen LogP contribution in [0.15, 0.2) is 101 Å². The Morgan fingerprint density at radius 1 is 0.669 bits per heavy atom. The van der Waals surface area contributed by atoms with Crippen LogP contribution in [0.5, 0.6) is 46.0 Å². The van der Waals surface area contributed by atoms with Crippen LogP contribution in [0, 0.1) is 64.2 Å². The molecule has 0 aliphatic carbocycles. The molecule has 29 nitrogen and oxygen atoms in total. The topological polar surface area (TPSA) is 367 Å².